The third-order valence-electron chi connectivity index (χ3n) is 2.80. The van der Waals surface area contributed by atoms with Gasteiger partial charge >= 0.3 is 0 Å². The van der Waals surface area contributed by atoms with Crippen LogP contribution in [0, 0.1) is 0 Å². The van der Waals surface area contributed by atoms with Gasteiger partial charge in [0.25, 0.3) is 0 Å². The Hall–Kier alpha value is -2.49. The van der Waals surface area contributed by atoms with Gasteiger partial charge in [-0.2, -0.15) is 0 Å². The fourth-order valence-electron chi connectivity index (χ4n) is 2.02. The molecule has 4 nitrogen and oxygen atoms in total. The van der Waals surface area contributed by atoms with Crippen LogP contribution in [0.3, 0.4) is 0 Å². The molecular weight excluding hydrogens is 224 g/mol. The molecule has 1 N–H and O–H groups in total. The van der Waals surface area contributed by atoms with Crippen LogP contribution in [0.4, 0.5) is 0 Å². The van der Waals surface area contributed by atoms with Gasteiger partial charge in [-0.15, -0.1) is 0 Å². The van der Waals surface area contributed by atoms with Crippen molar-refractivity contribution in [3.05, 3.63) is 48.5 Å². The summed E-state index contributed by atoms with van der Waals surface area (Å²) in [4.78, 5) is 15.7. The number of rotatable bonds is 2. The molecule has 0 aliphatic heterocycles. The van der Waals surface area contributed by atoms with Crippen molar-refractivity contribution >= 4 is 17.2 Å². The highest BCUT2D eigenvalue weighted by Crippen LogP contribution is 2.26. The first-order valence-corrected chi connectivity index (χ1v) is 5.68. The van der Waals surface area contributed by atoms with Crippen molar-refractivity contribution in [3.63, 3.8) is 0 Å². The molecule has 0 fully saturated rings. The number of aromatic nitrogens is 3. The number of nitrogens with one attached hydrogen (secondary N) is 1. The maximum atomic E-state index is 4.28. The highest BCUT2D eigenvalue weighted by Gasteiger charge is 2.06. The van der Waals surface area contributed by atoms with Crippen molar-refractivity contribution in [2.75, 3.05) is 7.05 Å². The third kappa shape index (κ3) is 1.78. The van der Waals surface area contributed by atoms with E-state index in [1.54, 1.807) is 25.7 Å². The molecule has 0 aliphatic carbocycles. The summed E-state index contributed by atoms with van der Waals surface area (Å²) in [5.41, 5.74) is 4.05. The first-order chi connectivity index (χ1) is 8.88. The summed E-state index contributed by atoms with van der Waals surface area (Å²) in [6.45, 7) is 0. The van der Waals surface area contributed by atoms with Gasteiger partial charge in [0.1, 0.15) is 5.65 Å². The molecule has 4 heteroatoms. The van der Waals surface area contributed by atoms with Crippen LogP contribution in [0.5, 0.6) is 0 Å². The van der Waals surface area contributed by atoms with Gasteiger partial charge in [0.05, 0.1) is 0 Å². The Morgan fingerprint density at radius 2 is 2.28 bits per heavy atom. The highest BCUT2D eigenvalue weighted by atomic mass is 14.8. The summed E-state index contributed by atoms with van der Waals surface area (Å²) in [5.74, 6) is 0. The summed E-state index contributed by atoms with van der Waals surface area (Å²) >= 11 is 0. The van der Waals surface area contributed by atoms with Gasteiger partial charge in [-0.1, -0.05) is 0 Å². The van der Waals surface area contributed by atoms with Gasteiger partial charge in [0.15, 0.2) is 0 Å². The Kier molecular flexibility index (Phi) is 2.61. The molecule has 0 spiro atoms. The third-order valence-corrected chi connectivity index (χ3v) is 2.80. The lowest BCUT2D eigenvalue weighted by atomic mass is 10.1. The van der Waals surface area contributed by atoms with Crippen molar-refractivity contribution in [3.8, 4) is 11.1 Å². The lowest BCUT2D eigenvalue weighted by Crippen LogP contribution is -1.85. The second kappa shape index (κ2) is 4.41. The number of hydrogen-bond donors (Lipinski definition) is 1. The van der Waals surface area contributed by atoms with E-state index >= 15 is 0 Å². The number of aliphatic imine (C=N–C) groups is 1. The van der Waals surface area contributed by atoms with Crippen molar-refractivity contribution in [1.82, 2.24) is 15.0 Å². The Bertz CT molecular complexity index is 712. The molecule has 0 unspecified atom stereocenters. The largest absolute Gasteiger partial charge is 0.346 e. The summed E-state index contributed by atoms with van der Waals surface area (Å²) in [6.07, 6.45) is 9.18. The summed E-state index contributed by atoms with van der Waals surface area (Å²) in [7, 11) is 1.75. The fourth-order valence-corrected chi connectivity index (χ4v) is 2.02. The SMILES string of the molecule is CN=Cc1cncc(-c2c[nH]c3ncccc23)c1. The van der Waals surface area contributed by atoms with E-state index in [0.717, 1.165) is 27.7 Å². The van der Waals surface area contributed by atoms with Crippen LogP contribution in [0.2, 0.25) is 0 Å². The lowest BCUT2D eigenvalue weighted by Gasteiger charge is -2.00. The molecule has 0 amide bonds. The number of H-pyrrole nitrogens is 1. The molecule has 3 heterocycles. The van der Waals surface area contributed by atoms with Crippen LogP contribution in [0.15, 0.2) is 48.0 Å². The maximum Gasteiger partial charge on any atom is 0.137 e. The Morgan fingerprint density at radius 1 is 1.33 bits per heavy atom. The maximum absolute atomic E-state index is 4.28. The van der Waals surface area contributed by atoms with E-state index in [1.807, 2.05) is 18.5 Å². The monoisotopic (exact) mass is 236 g/mol. The average molecular weight is 236 g/mol. The molecule has 3 aromatic rings. The second-order valence-corrected chi connectivity index (χ2v) is 4.00. The zero-order chi connectivity index (χ0) is 12.4. The molecule has 0 saturated heterocycles. The lowest BCUT2D eigenvalue weighted by molar-refractivity contribution is 1.31. The van der Waals surface area contributed by atoms with Gasteiger partial charge in [0.2, 0.25) is 0 Å². The Morgan fingerprint density at radius 3 is 3.17 bits per heavy atom. The molecule has 0 bridgehead atoms. The van der Waals surface area contributed by atoms with Gasteiger partial charge < -0.3 is 4.98 Å². The molecule has 0 aliphatic rings. The van der Waals surface area contributed by atoms with Gasteiger partial charge in [0, 0.05) is 60.1 Å². The van der Waals surface area contributed by atoms with E-state index in [2.05, 4.69) is 32.1 Å². The fraction of sp³-hybridized carbons (Fsp3) is 0.0714. The molecule has 0 aromatic carbocycles. The van der Waals surface area contributed by atoms with Gasteiger partial charge in [-0.3, -0.25) is 9.98 Å². The van der Waals surface area contributed by atoms with Crippen molar-refractivity contribution in [2.45, 2.75) is 0 Å². The van der Waals surface area contributed by atoms with Crippen LogP contribution >= 0.6 is 0 Å². The number of fused-ring (bicyclic) bond motifs is 1. The summed E-state index contributed by atoms with van der Waals surface area (Å²) in [6, 6.07) is 6.05. The van der Waals surface area contributed by atoms with E-state index in [0.29, 0.717) is 0 Å². The zero-order valence-electron chi connectivity index (χ0n) is 9.96. The van der Waals surface area contributed by atoms with Crippen LogP contribution in [-0.4, -0.2) is 28.2 Å². The number of pyridine rings is 2. The average Bonchev–Trinajstić information content (AvgIpc) is 2.83. The number of hydrogen-bond acceptors (Lipinski definition) is 3. The zero-order valence-corrected chi connectivity index (χ0v) is 9.96. The quantitative estimate of drug-likeness (QED) is 0.695. The number of nitrogens with zero attached hydrogens (tertiary/aromatic N) is 3. The molecule has 0 atom stereocenters. The first kappa shape index (κ1) is 10.7. The molecule has 3 rings (SSSR count). The standard InChI is InChI=1S/C14H12N4/c1-15-6-10-5-11(8-16-7-10)13-9-18-14-12(13)3-2-4-17-14/h2-9H,1H3,(H,17,18). The predicted molar refractivity (Wildman–Crippen MR) is 72.8 cm³/mol. The molecule has 18 heavy (non-hydrogen) atoms. The van der Waals surface area contributed by atoms with Crippen molar-refractivity contribution in [2.24, 2.45) is 4.99 Å². The molecule has 3 aromatic heterocycles. The normalized spacial score (nSPS) is 11.4. The van der Waals surface area contributed by atoms with Gasteiger partial charge in [-0.25, -0.2) is 4.98 Å². The minimum atomic E-state index is 0.891. The smallest absolute Gasteiger partial charge is 0.137 e. The van der Waals surface area contributed by atoms with E-state index < -0.39 is 0 Å². The predicted octanol–water partition coefficient (Wildman–Crippen LogP) is 2.67. The first-order valence-electron chi connectivity index (χ1n) is 5.68. The van der Waals surface area contributed by atoms with Crippen LogP contribution in [0.25, 0.3) is 22.2 Å². The Balaban J connectivity index is 2.17. The van der Waals surface area contributed by atoms with Crippen LogP contribution in [0.1, 0.15) is 5.56 Å². The van der Waals surface area contributed by atoms with E-state index in [-0.39, 0.29) is 0 Å². The minimum absolute atomic E-state index is 0.891. The van der Waals surface area contributed by atoms with Crippen molar-refractivity contribution in [1.29, 1.82) is 0 Å². The van der Waals surface area contributed by atoms with Gasteiger partial charge in [-0.05, 0) is 18.2 Å². The Labute approximate surface area is 104 Å². The minimum Gasteiger partial charge on any atom is -0.346 e. The van der Waals surface area contributed by atoms with Crippen LogP contribution in [-0.2, 0) is 0 Å². The molecule has 88 valence electrons. The van der Waals surface area contributed by atoms with E-state index in [4.69, 9.17) is 0 Å². The summed E-state index contributed by atoms with van der Waals surface area (Å²) in [5, 5.41) is 1.10. The van der Waals surface area contributed by atoms with Crippen LogP contribution < -0.4 is 0 Å². The number of aromatic amines is 1. The highest BCUT2D eigenvalue weighted by molar-refractivity contribution is 5.94. The second-order valence-electron chi connectivity index (χ2n) is 4.00. The molecular formula is C14H12N4. The molecule has 0 saturated carbocycles. The topological polar surface area (TPSA) is 53.9 Å². The summed E-state index contributed by atoms with van der Waals surface area (Å²) < 4.78 is 0. The molecule has 0 radical (unpaired) electrons. The van der Waals surface area contributed by atoms with Crippen molar-refractivity contribution < 1.29 is 0 Å². The van der Waals surface area contributed by atoms with E-state index in [9.17, 15) is 0 Å². The van der Waals surface area contributed by atoms with E-state index in [1.165, 1.54) is 0 Å².